The summed E-state index contributed by atoms with van der Waals surface area (Å²) in [6.07, 6.45) is 0.106. The van der Waals surface area contributed by atoms with Crippen LogP contribution in [0.4, 0.5) is 10.1 Å². The summed E-state index contributed by atoms with van der Waals surface area (Å²) < 4.78 is 24.9. The van der Waals surface area contributed by atoms with Crippen LogP contribution in [0.2, 0.25) is 0 Å². The summed E-state index contributed by atoms with van der Waals surface area (Å²) in [4.78, 5) is 27.2. The molecule has 3 aromatic rings. The molecule has 1 aliphatic heterocycles. The average molecular weight is 463 g/mol. The number of carbonyl (C=O) groups excluding carboxylic acids is 2. The Balaban J connectivity index is 1.44. The van der Waals surface area contributed by atoms with Crippen molar-refractivity contribution < 1.29 is 23.5 Å². The fourth-order valence-electron chi connectivity index (χ4n) is 3.82. The molecule has 1 N–H and O–H groups in total. The molecule has 0 radical (unpaired) electrons. The number of benzene rings is 3. The number of nitrogens with one attached hydrogen (secondary N) is 1. The van der Waals surface area contributed by atoms with Crippen LogP contribution in [-0.4, -0.2) is 36.0 Å². The molecule has 0 saturated heterocycles. The van der Waals surface area contributed by atoms with Crippen LogP contribution in [-0.2, 0) is 22.6 Å². The van der Waals surface area contributed by atoms with Crippen LogP contribution in [0.1, 0.15) is 24.5 Å². The topological polar surface area (TPSA) is 67.9 Å². The van der Waals surface area contributed by atoms with Gasteiger partial charge in [0.2, 0.25) is 5.91 Å². The minimum atomic E-state index is -0.572. The Labute approximate surface area is 198 Å². The van der Waals surface area contributed by atoms with E-state index < -0.39 is 6.10 Å². The largest absolute Gasteiger partial charge is 0.492 e. The monoisotopic (exact) mass is 462 g/mol. The molecular weight excluding hydrogens is 435 g/mol. The lowest BCUT2D eigenvalue weighted by molar-refractivity contribution is -0.138. The van der Waals surface area contributed by atoms with Gasteiger partial charge < -0.3 is 19.7 Å². The Morgan fingerprint density at radius 1 is 1.12 bits per heavy atom. The Morgan fingerprint density at radius 2 is 1.88 bits per heavy atom. The highest BCUT2D eigenvalue weighted by molar-refractivity contribution is 5.92. The molecule has 176 valence electrons. The van der Waals surface area contributed by atoms with E-state index in [1.54, 1.807) is 29.2 Å². The number of ether oxygens (including phenoxy) is 2. The first kappa shape index (κ1) is 23.3. The maximum atomic E-state index is 13.1. The molecule has 3 aromatic carbocycles. The molecular formula is C27H27FN2O4. The SMILES string of the molecule is CC[C@H]1Oc2ccc(NC(=O)Cc3ccc(F)cc3)cc2CN(CCOc2ccccc2)C1=O. The van der Waals surface area contributed by atoms with E-state index in [1.807, 2.05) is 43.3 Å². The molecule has 1 atom stereocenters. The molecule has 0 aliphatic carbocycles. The van der Waals surface area contributed by atoms with Crippen molar-refractivity contribution in [1.82, 2.24) is 4.90 Å². The van der Waals surface area contributed by atoms with Crippen molar-refractivity contribution in [1.29, 1.82) is 0 Å². The molecule has 0 unspecified atom stereocenters. The van der Waals surface area contributed by atoms with Gasteiger partial charge in [-0.1, -0.05) is 37.3 Å². The predicted molar refractivity (Wildman–Crippen MR) is 127 cm³/mol. The van der Waals surface area contributed by atoms with Gasteiger partial charge in [-0.05, 0) is 54.4 Å². The summed E-state index contributed by atoms with van der Waals surface area (Å²) in [6, 6.07) is 20.7. The molecule has 34 heavy (non-hydrogen) atoms. The maximum Gasteiger partial charge on any atom is 0.264 e. The summed E-state index contributed by atoms with van der Waals surface area (Å²) in [7, 11) is 0. The number of anilines is 1. The second-order valence-electron chi connectivity index (χ2n) is 8.11. The molecule has 1 aliphatic rings. The van der Waals surface area contributed by atoms with Crippen LogP contribution < -0.4 is 14.8 Å². The number of nitrogens with zero attached hydrogens (tertiary/aromatic N) is 1. The first-order valence-electron chi connectivity index (χ1n) is 11.3. The first-order valence-corrected chi connectivity index (χ1v) is 11.3. The van der Waals surface area contributed by atoms with Gasteiger partial charge >= 0.3 is 0 Å². The molecule has 7 heteroatoms. The molecule has 2 amide bonds. The van der Waals surface area contributed by atoms with E-state index in [0.29, 0.717) is 37.6 Å². The van der Waals surface area contributed by atoms with Crippen LogP contribution in [0.5, 0.6) is 11.5 Å². The number of para-hydroxylation sites is 1. The maximum absolute atomic E-state index is 13.1. The third kappa shape index (κ3) is 5.92. The van der Waals surface area contributed by atoms with E-state index in [-0.39, 0.29) is 24.1 Å². The van der Waals surface area contributed by atoms with Crippen LogP contribution in [0.25, 0.3) is 0 Å². The quantitative estimate of drug-likeness (QED) is 0.532. The standard InChI is InChI=1S/C27H27FN2O4/c1-2-24-27(32)30(14-15-33-23-6-4-3-5-7-23)18-20-17-22(12-13-25(20)34-24)29-26(31)16-19-8-10-21(28)11-9-19/h3-13,17,24H,2,14-16,18H2,1H3,(H,29,31)/t24-/m1/s1. The molecule has 0 spiro atoms. The number of halogens is 1. The number of carbonyl (C=O) groups is 2. The van der Waals surface area contributed by atoms with Crippen molar-refractivity contribution in [3.05, 3.63) is 89.7 Å². The third-order valence-corrected chi connectivity index (χ3v) is 5.58. The number of hydrogen-bond acceptors (Lipinski definition) is 4. The normalized spacial score (nSPS) is 15.2. The van der Waals surface area contributed by atoms with Crippen molar-refractivity contribution in [3.8, 4) is 11.5 Å². The van der Waals surface area contributed by atoms with Crippen LogP contribution in [0.3, 0.4) is 0 Å². The summed E-state index contributed by atoms with van der Waals surface area (Å²) in [5, 5.41) is 2.88. The van der Waals surface area contributed by atoms with E-state index in [4.69, 9.17) is 9.47 Å². The van der Waals surface area contributed by atoms with Gasteiger partial charge in [-0.3, -0.25) is 9.59 Å². The molecule has 1 heterocycles. The van der Waals surface area contributed by atoms with Crippen LogP contribution >= 0.6 is 0 Å². The molecule has 4 rings (SSSR count). The van der Waals surface area contributed by atoms with Gasteiger partial charge in [-0.15, -0.1) is 0 Å². The van der Waals surface area contributed by atoms with E-state index in [2.05, 4.69) is 5.32 Å². The minimum absolute atomic E-state index is 0.0859. The Bertz CT molecular complexity index is 1140. The number of fused-ring (bicyclic) bond motifs is 1. The second kappa shape index (κ2) is 10.8. The highest BCUT2D eigenvalue weighted by atomic mass is 19.1. The van der Waals surface area contributed by atoms with Crippen molar-refractivity contribution in [2.24, 2.45) is 0 Å². The lowest BCUT2D eigenvalue weighted by Gasteiger charge is -2.23. The average Bonchev–Trinajstić information content (AvgIpc) is 2.97. The molecule has 6 nitrogen and oxygen atoms in total. The molecule has 0 saturated carbocycles. The first-order chi connectivity index (χ1) is 16.5. The van der Waals surface area contributed by atoms with Crippen LogP contribution in [0, 0.1) is 5.82 Å². The minimum Gasteiger partial charge on any atom is -0.492 e. The lowest BCUT2D eigenvalue weighted by Crippen LogP contribution is -2.41. The fraction of sp³-hybridized carbons (Fsp3) is 0.259. The van der Waals surface area contributed by atoms with Crippen molar-refractivity contribution >= 4 is 17.5 Å². The smallest absolute Gasteiger partial charge is 0.264 e. The van der Waals surface area contributed by atoms with Gasteiger partial charge in [0.05, 0.1) is 13.0 Å². The number of hydrogen-bond donors (Lipinski definition) is 1. The molecule has 0 bridgehead atoms. The zero-order valence-corrected chi connectivity index (χ0v) is 19.0. The van der Waals surface area contributed by atoms with Gasteiger partial charge in [0.1, 0.15) is 23.9 Å². The number of rotatable bonds is 8. The fourth-order valence-corrected chi connectivity index (χ4v) is 3.82. The lowest BCUT2D eigenvalue weighted by atomic mass is 10.1. The highest BCUT2D eigenvalue weighted by Crippen LogP contribution is 2.29. The Hall–Kier alpha value is -3.87. The zero-order chi connectivity index (χ0) is 23.9. The molecule has 0 fully saturated rings. The summed E-state index contributed by atoms with van der Waals surface area (Å²) in [6.45, 7) is 3.03. The van der Waals surface area contributed by atoms with E-state index in [1.165, 1.54) is 12.1 Å². The Kier molecular flexibility index (Phi) is 7.42. The van der Waals surface area contributed by atoms with Gasteiger partial charge in [-0.2, -0.15) is 0 Å². The number of amides is 2. The van der Waals surface area contributed by atoms with E-state index in [9.17, 15) is 14.0 Å². The van der Waals surface area contributed by atoms with Crippen molar-refractivity contribution in [2.45, 2.75) is 32.4 Å². The third-order valence-electron chi connectivity index (χ3n) is 5.58. The van der Waals surface area contributed by atoms with Crippen LogP contribution in [0.15, 0.2) is 72.8 Å². The van der Waals surface area contributed by atoms with Gasteiger partial charge in [0.25, 0.3) is 5.91 Å². The summed E-state index contributed by atoms with van der Waals surface area (Å²) >= 11 is 0. The summed E-state index contributed by atoms with van der Waals surface area (Å²) in [5.74, 6) is 0.741. The van der Waals surface area contributed by atoms with E-state index in [0.717, 1.165) is 16.9 Å². The van der Waals surface area contributed by atoms with Gasteiger partial charge in [0.15, 0.2) is 6.10 Å². The van der Waals surface area contributed by atoms with Gasteiger partial charge in [0, 0.05) is 17.8 Å². The zero-order valence-electron chi connectivity index (χ0n) is 19.0. The second-order valence-corrected chi connectivity index (χ2v) is 8.11. The Morgan fingerprint density at radius 3 is 2.62 bits per heavy atom. The molecule has 0 aromatic heterocycles. The predicted octanol–water partition coefficient (Wildman–Crippen LogP) is 4.59. The highest BCUT2D eigenvalue weighted by Gasteiger charge is 2.30. The van der Waals surface area contributed by atoms with E-state index >= 15 is 0 Å². The summed E-state index contributed by atoms with van der Waals surface area (Å²) in [5.41, 5.74) is 2.14. The van der Waals surface area contributed by atoms with Crippen molar-refractivity contribution in [3.63, 3.8) is 0 Å². The van der Waals surface area contributed by atoms with Gasteiger partial charge in [-0.25, -0.2) is 4.39 Å². The van der Waals surface area contributed by atoms with Crippen molar-refractivity contribution in [2.75, 3.05) is 18.5 Å².